The molecule has 0 radical (unpaired) electrons. The maximum Gasteiger partial charge on any atom is 0.246 e. The molecule has 6 rings (SSSR count). The van der Waals surface area contributed by atoms with Crippen molar-refractivity contribution >= 4 is 28.4 Å². The lowest BCUT2D eigenvalue weighted by Gasteiger charge is -2.49. The third kappa shape index (κ3) is 3.28. The van der Waals surface area contributed by atoms with E-state index in [0.717, 1.165) is 53.4 Å². The lowest BCUT2D eigenvalue weighted by Crippen LogP contribution is -2.65. The predicted octanol–water partition coefficient (Wildman–Crippen LogP) is 3.88. The quantitative estimate of drug-likeness (QED) is 0.579. The molecule has 3 heterocycles. The fourth-order valence-electron chi connectivity index (χ4n) is 6.12. The van der Waals surface area contributed by atoms with E-state index in [2.05, 4.69) is 11.1 Å². The molecule has 2 aliphatic heterocycles. The van der Waals surface area contributed by atoms with Crippen molar-refractivity contribution in [1.82, 2.24) is 14.8 Å². The summed E-state index contributed by atoms with van der Waals surface area (Å²) in [4.78, 5) is 34.5. The number of H-pyrrole nitrogens is 1. The Labute approximate surface area is 197 Å². The van der Waals surface area contributed by atoms with Crippen molar-refractivity contribution in [3.63, 3.8) is 0 Å². The summed E-state index contributed by atoms with van der Waals surface area (Å²) >= 11 is 0. The molecule has 2 atom stereocenters. The van der Waals surface area contributed by atoms with Gasteiger partial charge in [0.25, 0.3) is 0 Å². The Bertz CT molecular complexity index is 1250. The van der Waals surface area contributed by atoms with Gasteiger partial charge in [0.15, 0.2) is 0 Å². The number of fused-ring (bicyclic) bond motifs is 4. The average Bonchev–Trinajstić information content (AvgIpc) is 3.24. The molecule has 1 aliphatic carbocycles. The van der Waals surface area contributed by atoms with Crippen LogP contribution in [-0.4, -0.2) is 50.4 Å². The van der Waals surface area contributed by atoms with Crippen LogP contribution < -0.4 is 5.23 Å². The topological polar surface area (TPSA) is 103 Å². The molecule has 1 saturated heterocycles. The zero-order valence-corrected chi connectivity index (χ0v) is 18.8. The number of aromatic nitrogens is 1. The van der Waals surface area contributed by atoms with Gasteiger partial charge in [-0.05, 0) is 42.2 Å². The molecule has 1 aromatic heterocycles. The zero-order chi connectivity index (χ0) is 23.4. The van der Waals surface area contributed by atoms with Crippen LogP contribution in [0.3, 0.4) is 0 Å². The van der Waals surface area contributed by atoms with E-state index in [9.17, 15) is 20.0 Å². The molecule has 2 amide bonds. The molecular formula is C26H27N4O4-. The van der Waals surface area contributed by atoms with Gasteiger partial charge in [-0.1, -0.05) is 49.6 Å². The maximum atomic E-state index is 13.8. The highest BCUT2D eigenvalue weighted by molar-refractivity contribution is 5.97. The van der Waals surface area contributed by atoms with Crippen molar-refractivity contribution in [3.8, 4) is 0 Å². The lowest BCUT2D eigenvalue weighted by atomic mass is 9.85. The van der Waals surface area contributed by atoms with E-state index in [1.54, 1.807) is 17.0 Å². The predicted molar refractivity (Wildman–Crippen MR) is 127 cm³/mol. The SMILES string of the molecule is O=C1C2Cc3c([nH]c4ccccc34)C(c3ccc(N([O-])O)cc3)N2C(=O)CN1C1CCCCC1. The fraction of sp³-hybridized carbons (Fsp3) is 0.385. The molecule has 3 aromatic rings. The largest absolute Gasteiger partial charge is 0.733 e. The molecule has 2 unspecified atom stereocenters. The van der Waals surface area contributed by atoms with Crippen molar-refractivity contribution in [2.75, 3.05) is 11.8 Å². The lowest BCUT2D eigenvalue weighted by molar-refractivity contribution is -0.161. The number of hydrogen-bond donors (Lipinski definition) is 2. The highest BCUT2D eigenvalue weighted by atomic mass is 16.8. The van der Waals surface area contributed by atoms with E-state index in [4.69, 9.17) is 0 Å². The van der Waals surface area contributed by atoms with Gasteiger partial charge < -0.3 is 25.2 Å². The summed E-state index contributed by atoms with van der Waals surface area (Å²) in [6, 6.07) is 13.6. The number of nitrogens with zero attached hydrogens (tertiary/aromatic N) is 3. The maximum absolute atomic E-state index is 13.8. The van der Waals surface area contributed by atoms with Crippen LogP contribution in [0, 0.1) is 5.21 Å². The first-order valence-corrected chi connectivity index (χ1v) is 12.0. The number of amides is 2. The molecule has 3 aliphatic rings. The highest BCUT2D eigenvalue weighted by Crippen LogP contribution is 2.43. The summed E-state index contributed by atoms with van der Waals surface area (Å²) in [7, 11) is 0. The van der Waals surface area contributed by atoms with Crippen LogP contribution in [0.15, 0.2) is 48.5 Å². The molecule has 8 heteroatoms. The van der Waals surface area contributed by atoms with Gasteiger partial charge in [-0.25, -0.2) is 0 Å². The summed E-state index contributed by atoms with van der Waals surface area (Å²) in [6.07, 6.45) is 5.78. The van der Waals surface area contributed by atoms with Crippen LogP contribution in [0.5, 0.6) is 0 Å². The summed E-state index contributed by atoms with van der Waals surface area (Å²) < 4.78 is 0. The van der Waals surface area contributed by atoms with Gasteiger partial charge in [0.1, 0.15) is 12.6 Å². The van der Waals surface area contributed by atoms with Gasteiger partial charge in [-0.2, -0.15) is 0 Å². The van der Waals surface area contributed by atoms with E-state index in [-0.39, 0.29) is 35.3 Å². The molecule has 2 N–H and O–H groups in total. The van der Waals surface area contributed by atoms with E-state index in [1.165, 1.54) is 18.6 Å². The monoisotopic (exact) mass is 459 g/mol. The molecule has 1 saturated carbocycles. The Balaban J connectivity index is 1.46. The van der Waals surface area contributed by atoms with Crippen LogP contribution in [0.25, 0.3) is 10.9 Å². The van der Waals surface area contributed by atoms with Gasteiger partial charge in [0.2, 0.25) is 11.8 Å². The minimum absolute atomic E-state index is 0.0325. The number of nitrogens with one attached hydrogen (secondary N) is 1. The second kappa shape index (κ2) is 8.14. The van der Waals surface area contributed by atoms with Gasteiger partial charge in [-0.15, -0.1) is 0 Å². The zero-order valence-electron chi connectivity index (χ0n) is 18.8. The molecule has 0 spiro atoms. The van der Waals surface area contributed by atoms with Crippen LogP contribution in [0.2, 0.25) is 0 Å². The van der Waals surface area contributed by atoms with E-state index >= 15 is 0 Å². The third-order valence-electron chi connectivity index (χ3n) is 7.74. The van der Waals surface area contributed by atoms with Gasteiger partial charge in [0.05, 0.1) is 11.7 Å². The van der Waals surface area contributed by atoms with Crippen LogP contribution in [0.1, 0.15) is 55.0 Å². The van der Waals surface area contributed by atoms with E-state index in [1.807, 2.05) is 23.1 Å². The summed E-state index contributed by atoms with van der Waals surface area (Å²) in [5.74, 6) is -0.0219. The molecule has 2 aromatic carbocycles. The van der Waals surface area contributed by atoms with Gasteiger partial charge in [-0.3, -0.25) is 14.8 Å². The number of aromatic amines is 1. The third-order valence-corrected chi connectivity index (χ3v) is 7.74. The van der Waals surface area contributed by atoms with E-state index < -0.39 is 12.1 Å². The van der Waals surface area contributed by atoms with Crippen molar-refractivity contribution < 1.29 is 14.8 Å². The van der Waals surface area contributed by atoms with Gasteiger partial charge >= 0.3 is 0 Å². The van der Waals surface area contributed by atoms with Crippen molar-refractivity contribution in [1.29, 1.82) is 0 Å². The highest BCUT2D eigenvalue weighted by Gasteiger charge is 2.49. The standard InChI is InChI=1S/C26H27N4O4/c31-23-15-28(17-6-2-1-3-7-17)26(32)22-14-20-19-8-4-5-9-21(19)27-24(20)25(29(22)23)16-10-12-18(13-11-16)30(33)34/h4-5,8-13,17,22,25,27,33H,1-3,6-7,14-15H2/q-1. The van der Waals surface area contributed by atoms with Gasteiger partial charge in [0, 0.05) is 29.1 Å². The number of anilines is 1. The number of piperazine rings is 1. The number of benzene rings is 2. The second-order valence-electron chi connectivity index (χ2n) is 9.61. The first-order valence-electron chi connectivity index (χ1n) is 12.0. The van der Waals surface area contributed by atoms with Crippen LogP contribution in [0.4, 0.5) is 5.69 Å². The van der Waals surface area contributed by atoms with E-state index in [0.29, 0.717) is 6.42 Å². The molecule has 2 fully saturated rings. The number of carbonyl (C=O) groups excluding carboxylic acids is 2. The Kier molecular flexibility index (Phi) is 5.08. The number of carbonyl (C=O) groups is 2. The molecule has 0 bridgehead atoms. The number of rotatable bonds is 3. The summed E-state index contributed by atoms with van der Waals surface area (Å²) in [5.41, 5.74) is 3.83. The first kappa shape index (κ1) is 21.2. The van der Waals surface area contributed by atoms with Crippen LogP contribution >= 0.6 is 0 Å². The summed E-state index contributed by atoms with van der Waals surface area (Å²) in [5, 5.41) is 21.4. The molecule has 176 valence electrons. The van der Waals surface area contributed by atoms with Crippen molar-refractivity contribution in [2.24, 2.45) is 0 Å². The van der Waals surface area contributed by atoms with Crippen molar-refractivity contribution in [2.45, 2.75) is 56.7 Å². The smallest absolute Gasteiger partial charge is 0.246 e. The first-order chi connectivity index (χ1) is 16.5. The molecule has 34 heavy (non-hydrogen) atoms. The summed E-state index contributed by atoms with van der Waals surface area (Å²) in [6.45, 7) is 0.106. The Hall–Kier alpha value is -3.36. The minimum Gasteiger partial charge on any atom is -0.733 e. The second-order valence-corrected chi connectivity index (χ2v) is 9.61. The van der Waals surface area contributed by atoms with Crippen molar-refractivity contribution in [3.05, 3.63) is 70.6 Å². The number of hydrogen-bond acceptors (Lipinski definition) is 5. The minimum atomic E-state index is -0.562. The number of para-hydroxylation sites is 1. The fourth-order valence-corrected chi connectivity index (χ4v) is 6.12. The molecular weight excluding hydrogens is 432 g/mol. The van der Waals surface area contributed by atoms with Crippen LogP contribution in [-0.2, 0) is 16.0 Å². The normalized spacial score (nSPS) is 23.2. The average molecular weight is 460 g/mol. The Morgan fingerprint density at radius 1 is 1.00 bits per heavy atom. The Morgan fingerprint density at radius 3 is 2.47 bits per heavy atom. The molecule has 8 nitrogen and oxygen atoms in total. The Morgan fingerprint density at radius 2 is 1.74 bits per heavy atom.